The molecule has 2 N–H and O–H groups in total. The zero-order valence-electron chi connectivity index (χ0n) is 12.1. The number of aliphatic carboxylic acids is 1. The van der Waals surface area contributed by atoms with E-state index in [0.717, 1.165) is 11.4 Å². The molecule has 0 spiro atoms. The first-order valence-electron chi connectivity index (χ1n) is 6.88. The van der Waals surface area contributed by atoms with Crippen molar-refractivity contribution in [3.05, 3.63) is 17.5 Å². The molecule has 1 heterocycles. The predicted octanol–water partition coefficient (Wildman–Crippen LogP) is 1.12. The van der Waals surface area contributed by atoms with E-state index in [9.17, 15) is 9.59 Å². The number of carbonyl (C=O) groups is 2. The normalized spacial score (nSPS) is 17.6. The monoisotopic (exact) mass is 279 g/mol. The first-order chi connectivity index (χ1) is 9.35. The molecule has 1 amide bonds. The summed E-state index contributed by atoms with van der Waals surface area (Å²) in [6.45, 7) is 7.12. The van der Waals surface area contributed by atoms with Gasteiger partial charge in [-0.15, -0.1) is 0 Å². The number of amides is 1. The highest BCUT2D eigenvalue weighted by Gasteiger charge is 2.56. The fourth-order valence-electron chi connectivity index (χ4n) is 2.32. The van der Waals surface area contributed by atoms with E-state index in [4.69, 9.17) is 5.11 Å². The van der Waals surface area contributed by atoms with Crippen molar-refractivity contribution in [3.8, 4) is 0 Å². The number of carboxylic acid groups (broad SMARTS) is 1. The summed E-state index contributed by atoms with van der Waals surface area (Å²) in [5.41, 5.74) is 0.907. The van der Waals surface area contributed by atoms with Crippen molar-refractivity contribution in [1.29, 1.82) is 0 Å². The number of aryl methyl sites for hydroxylation is 2. The van der Waals surface area contributed by atoms with E-state index in [1.807, 2.05) is 31.5 Å². The van der Waals surface area contributed by atoms with E-state index in [-0.39, 0.29) is 11.8 Å². The lowest BCUT2D eigenvalue weighted by Crippen LogP contribution is -2.39. The molecular formula is C14H21N3O3. The number of rotatable bonds is 6. The van der Waals surface area contributed by atoms with E-state index in [1.165, 1.54) is 0 Å². The molecule has 0 aromatic carbocycles. The van der Waals surface area contributed by atoms with Gasteiger partial charge in [-0.25, -0.2) is 0 Å². The summed E-state index contributed by atoms with van der Waals surface area (Å²) in [7, 11) is 0. The van der Waals surface area contributed by atoms with Gasteiger partial charge in [0.2, 0.25) is 5.91 Å². The Balaban J connectivity index is 1.84. The van der Waals surface area contributed by atoms with Crippen LogP contribution in [0.5, 0.6) is 0 Å². The first kappa shape index (κ1) is 14.6. The Morgan fingerprint density at radius 1 is 1.50 bits per heavy atom. The van der Waals surface area contributed by atoms with Crippen LogP contribution in [0.25, 0.3) is 0 Å². The van der Waals surface area contributed by atoms with Crippen LogP contribution in [0.15, 0.2) is 6.07 Å². The Kier molecular flexibility index (Phi) is 3.83. The Morgan fingerprint density at radius 3 is 2.60 bits per heavy atom. The molecule has 2 rings (SSSR count). The number of nitrogens with zero attached hydrogens (tertiary/aromatic N) is 2. The van der Waals surface area contributed by atoms with Gasteiger partial charge < -0.3 is 10.4 Å². The van der Waals surface area contributed by atoms with E-state index >= 15 is 0 Å². The van der Waals surface area contributed by atoms with Crippen LogP contribution < -0.4 is 5.32 Å². The molecule has 6 nitrogen and oxygen atoms in total. The summed E-state index contributed by atoms with van der Waals surface area (Å²) in [5, 5.41) is 16.2. The molecule has 0 unspecified atom stereocenters. The minimum absolute atomic E-state index is 0.196. The summed E-state index contributed by atoms with van der Waals surface area (Å²) in [6.07, 6.45) is 0.889. The van der Waals surface area contributed by atoms with Gasteiger partial charge in [0, 0.05) is 18.8 Å². The van der Waals surface area contributed by atoms with Crippen molar-refractivity contribution in [3.63, 3.8) is 0 Å². The molecular weight excluding hydrogens is 258 g/mol. The Labute approximate surface area is 118 Å². The molecule has 0 aliphatic heterocycles. The zero-order chi connectivity index (χ0) is 14.9. The molecule has 6 heteroatoms. The van der Waals surface area contributed by atoms with Crippen molar-refractivity contribution in [2.45, 2.75) is 40.2 Å². The van der Waals surface area contributed by atoms with Crippen LogP contribution >= 0.6 is 0 Å². The summed E-state index contributed by atoms with van der Waals surface area (Å²) < 4.78 is 1.91. The van der Waals surface area contributed by atoms with Crippen LogP contribution in [0.2, 0.25) is 0 Å². The maximum Gasteiger partial charge on any atom is 0.319 e. The number of nitrogens with one attached hydrogen (secondary N) is 1. The largest absolute Gasteiger partial charge is 0.480 e. The minimum atomic E-state index is -1.15. The second kappa shape index (κ2) is 5.26. The van der Waals surface area contributed by atoms with E-state index in [2.05, 4.69) is 10.4 Å². The Hall–Kier alpha value is -1.85. The van der Waals surface area contributed by atoms with Gasteiger partial charge in [-0.1, -0.05) is 6.92 Å². The lowest BCUT2D eigenvalue weighted by molar-refractivity contribution is -0.149. The van der Waals surface area contributed by atoms with Crippen LogP contribution in [0.4, 0.5) is 0 Å². The smallest absolute Gasteiger partial charge is 0.319 e. The van der Waals surface area contributed by atoms with E-state index < -0.39 is 11.4 Å². The SMILES string of the molecule is Cc1cc(C)n(C[C@H](C)CNC(=O)C2(C(=O)O)CC2)n1. The summed E-state index contributed by atoms with van der Waals surface area (Å²) in [6, 6.07) is 2.01. The zero-order valence-corrected chi connectivity index (χ0v) is 12.1. The number of carbonyl (C=O) groups excluding carboxylic acids is 1. The molecule has 1 aliphatic carbocycles. The van der Waals surface area contributed by atoms with Gasteiger partial charge in [0.05, 0.1) is 5.69 Å². The molecule has 0 radical (unpaired) electrons. The highest BCUT2D eigenvalue weighted by molar-refractivity contribution is 6.04. The van der Waals surface area contributed by atoms with Gasteiger partial charge in [-0.2, -0.15) is 5.10 Å². The second-order valence-corrected chi connectivity index (χ2v) is 5.81. The fourth-order valence-corrected chi connectivity index (χ4v) is 2.32. The van der Waals surface area contributed by atoms with Gasteiger partial charge in [0.1, 0.15) is 5.41 Å². The van der Waals surface area contributed by atoms with E-state index in [1.54, 1.807) is 0 Å². The molecule has 110 valence electrons. The Morgan fingerprint density at radius 2 is 2.15 bits per heavy atom. The predicted molar refractivity (Wildman–Crippen MR) is 73.2 cm³/mol. The molecule has 0 saturated heterocycles. The number of hydrogen-bond donors (Lipinski definition) is 2. The third-order valence-corrected chi connectivity index (χ3v) is 3.79. The quantitative estimate of drug-likeness (QED) is 0.764. The molecule has 1 aromatic heterocycles. The summed E-state index contributed by atoms with van der Waals surface area (Å²) in [4.78, 5) is 22.9. The van der Waals surface area contributed by atoms with Crippen LogP contribution in [0, 0.1) is 25.2 Å². The molecule has 1 aromatic rings. The van der Waals surface area contributed by atoms with Gasteiger partial charge in [-0.3, -0.25) is 14.3 Å². The maximum atomic E-state index is 11.9. The average Bonchev–Trinajstić information content (AvgIpc) is 3.11. The molecule has 20 heavy (non-hydrogen) atoms. The molecule has 0 bridgehead atoms. The number of hydrogen-bond acceptors (Lipinski definition) is 3. The van der Waals surface area contributed by atoms with Crippen molar-refractivity contribution >= 4 is 11.9 Å². The summed E-state index contributed by atoms with van der Waals surface area (Å²) in [5.74, 6) is -1.17. The van der Waals surface area contributed by atoms with Crippen molar-refractivity contribution in [2.75, 3.05) is 6.54 Å². The third kappa shape index (κ3) is 2.84. The van der Waals surface area contributed by atoms with Gasteiger partial charge in [0.15, 0.2) is 0 Å². The van der Waals surface area contributed by atoms with E-state index in [0.29, 0.717) is 25.9 Å². The first-order valence-corrected chi connectivity index (χ1v) is 6.88. The Bertz CT molecular complexity index is 532. The van der Waals surface area contributed by atoms with Crippen molar-refractivity contribution in [2.24, 2.45) is 11.3 Å². The minimum Gasteiger partial charge on any atom is -0.480 e. The lowest BCUT2D eigenvalue weighted by atomic mass is 10.1. The fraction of sp³-hybridized carbons (Fsp3) is 0.643. The molecule has 1 aliphatic rings. The van der Waals surface area contributed by atoms with Gasteiger partial charge in [0.25, 0.3) is 0 Å². The summed E-state index contributed by atoms with van der Waals surface area (Å²) >= 11 is 0. The third-order valence-electron chi connectivity index (χ3n) is 3.79. The van der Waals surface area contributed by atoms with Gasteiger partial charge >= 0.3 is 5.97 Å². The molecule has 1 atom stereocenters. The molecule has 1 fully saturated rings. The van der Waals surface area contributed by atoms with Crippen LogP contribution in [-0.2, 0) is 16.1 Å². The second-order valence-electron chi connectivity index (χ2n) is 5.81. The van der Waals surface area contributed by atoms with Crippen LogP contribution in [-0.4, -0.2) is 33.3 Å². The lowest BCUT2D eigenvalue weighted by Gasteiger charge is -2.16. The standard InChI is InChI=1S/C14H21N3O3/c1-9(8-17-11(3)6-10(2)16-17)7-15-12(18)14(4-5-14)13(19)20/h6,9H,4-5,7-8H2,1-3H3,(H,15,18)(H,19,20)/t9-/m1/s1. The maximum absolute atomic E-state index is 11.9. The van der Waals surface area contributed by atoms with Crippen molar-refractivity contribution in [1.82, 2.24) is 15.1 Å². The van der Waals surface area contributed by atoms with Gasteiger partial charge in [-0.05, 0) is 38.7 Å². The van der Waals surface area contributed by atoms with Crippen molar-refractivity contribution < 1.29 is 14.7 Å². The van der Waals surface area contributed by atoms with Crippen LogP contribution in [0.1, 0.15) is 31.2 Å². The highest BCUT2D eigenvalue weighted by atomic mass is 16.4. The van der Waals surface area contributed by atoms with Crippen LogP contribution in [0.3, 0.4) is 0 Å². The number of carboxylic acids is 1. The average molecular weight is 279 g/mol. The highest BCUT2D eigenvalue weighted by Crippen LogP contribution is 2.46. The number of aromatic nitrogens is 2. The topological polar surface area (TPSA) is 84.2 Å². The molecule has 1 saturated carbocycles.